The third-order valence-corrected chi connectivity index (χ3v) is 3.93. The van der Waals surface area contributed by atoms with Crippen LogP contribution in [0.15, 0.2) is 59.5 Å². The lowest BCUT2D eigenvalue weighted by molar-refractivity contribution is 0.894. The second-order valence-electron chi connectivity index (χ2n) is 5.29. The minimum absolute atomic E-state index is 0.487. The fraction of sp³-hybridized carbons (Fsp3) is 0.118. The van der Waals surface area contributed by atoms with E-state index in [4.69, 9.17) is 5.73 Å². The van der Waals surface area contributed by atoms with E-state index in [1.807, 2.05) is 42.3 Å². The molecule has 0 amide bonds. The lowest BCUT2D eigenvalue weighted by Gasteiger charge is -2.21. The molecule has 3 N–H and O–H groups in total. The molecule has 1 aromatic carbocycles. The van der Waals surface area contributed by atoms with Gasteiger partial charge in [0.1, 0.15) is 17.8 Å². The fourth-order valence-electron chi connectivity index (χ4n) is 2.29. The van der Waals surface area contributed by atoms with Crippen LogP contribution in [0.2, 0.25) is 0 Å². The predicted molar refractivity (Wildman–Crippen MR) is 100 cm³/mol. The van der Waals surface area contributed by atoms with E-state index in [9.17, 15) is 0 Å². The van der Waals surface area contributed by atoms with E-state index in [0.717, 1.165) is 4.47 Å². The molecule has 0 bridgehead atoms. The summed E-state index contributed by atoms with van der Waals surface area (Å²) in [5.41, 5.74) is 7.92. The minimum atomic E-state index is 0.487. The summed E-state index contributed by atoms with van der Waals surface area (Å²) in [5.74, 6) is 1.88. The predicted octanol–water partition coefficient (Wildman–Crippen LogP) is 3.60. The molecule has 3 rings (SSSR count). The number of rotatable bonds is 5. The smallest absolute Gasteiger partial charge is 0.160 e. The van der Waals surface area contributed by atoms with Crippen LogP contribution in [0.5, 0.6) is 0 Å². The number of nitrogens with zero attached hydrogens (tertiary/aromatic N) is 4. The molecule has 0 radical (unpaired) electrons. The molecule has 0 unspecified atom stereocenters. The van der Waals surface area contributed by atoms with E-state index >= 15 is 0 Å². The Bertz CT molecular complexity index is 807. The Labute approximate surface area is 148 Å². The van der Waals surface area contributed by atoms with Crippen LogP contribution >= 0.6 is 15.9 Å². The van der Waals surface area contributed by atoms with Gasteiger partial charge in [0.15, 0.2) is 11.6 Å². The zero-order valence-electron chi connectivity index (χ0n) is 13.1. The molecule has 0 fully saturated rings. The molecule has 0 spiro atoms. The van der Waals surface area contributed by atoms with Gasteiger partial charge in [-0.05, 0) is 33.6 Å². The van der Waals surface area contributed by atoms with Crippen molar-refractivity contribution in [3.63, 3.8) is 0 Å². The summed E-state index contributed by atoms with van der Waals surface area (Å²) in [5, 5.41) is 3.12. The van der Waals surface area contributed by atoms with Crippen LogP contribution < -0.4 is 16.0 Å². The van der Waals surface area contributed by atoms with Gasteiger partial charge in [0.05, 0.1) is 0 Å². The van der Waals surface area contributed by atoms with Crippen molar-refractivity contribution in [3.8, 4) is 0 Å². The van der Waals surface area contributed by atoms with Crippen molar-refractivity contribution in [2.75, 3.05) is 23.0 Å². The number of nitrogen functional groups attached to an aromatic ring is 1. The van der Waals surface area contributed by atoms with Gasteiger partial charge < -0.3 is 16.0 Å². The highest BCUT2D eigenvalue weighted by Crippen LogP contribution is 2.28. The van der Waals surface area contributed by atoms with Crippen LogP contribution in [-0.4, -0.2) is 22.0 Å². The first-order valence-electron chi connectivity index (χ1n) is 7.37. The van der Waals surface area contributed by atoms with E-state index in [2.05, 4.69) is 48.3 Å². The van der Waals surface area contributed by atoms with Gasteiger partial charge in [0, 0.05) is 24.3 Å². The normalized spacial score (nSPS) is 10.4. The minimum Gasteiger partial charge on any atom is -0.393 e. The summed E-state index contributed by atoms with van der Waals surface area (Å²) >= 11 is 3.36. The Morgan fingerprint density at radius 2 is 1.88 bits per heavy atom. The second kappa shape index (κ2) is 7.27. The number of hydrogen-bond acceptors (Lipinski definition) is 6. The lowest BCUT2D eigenvalue weighted by Crippen LogP contribution is -2.20. The summed E-state index contributed by atoms with van der Waals surface area (Å²) in [7, 11) is 1.95. The average molecular weight is 385 g/mol. The number of halogens is 1. The van der Waals surface area contributed by atoms with Crippen LogP contribution in [0.25, 0.3) is 0 Å². The molecular formula is C17H17BrN6. The molecule has 0 saturated carbocycles. The zero-order valence-corrected chi connectivity index (χ0v) is 14.7. The van der Waals surface area contributed by atoms with E-state index in [1.54, 1.807) is 6.20 Å². The summed E-state index contributed by atoms with van der Waals surface area (Å²) in [6.45, 7) is 0.706. The van der Waals surface area contributed by atoms with Gasteiger partial charge in [-0.1, -0.05) is 30.3 Å². The van der Waals surface area contributed by atoms with Crippen molar-refractivity contribution >= 4 is 39.1 Å². The molecular weight excluding hydrogens is 368 g/mol. The number of nitrogens with one attached hydrogen (secondary N) is 1. The highest BCUT2D eigenvalue weighted by atomic mass is 79.9. The molecule has 0 atom stereocenters. The number of nitrogens with two attached hydrogens (primary N) is 1. The molecule has 2 heterocycles. The maximum Gasteiger partial charge on any atom is 0.160 e. The molecule has 0 aliphatic rings. The van der Waals surface area contributed by atoms with Gasteiger partial charge in [-0.2, -0.15) is 0 Å². The number of benzene rings is 1. The van der Waals surface area contributed by atoms with Crippen molar-refractivity contribution in [1.29, 1.82) is 0 Å². The van der Waals surface area contributed by atoms with Crippen LogP contribution in [0, 0.1) is 0 Å². The Hall–Kier alpha value is -2.67. The Balaban J connectivity index is 1.81. The summed E-state index contributed by atoms with van der Waals surface area (Å²) in [6.07, 6.45) is 3.20. The van der Waals surface area contributed by atoms with E-state index in [0.29, 0.717) is 29.7 Å². The Kier molecular flexibility index (Phi) is 4.90. The first-order valence-corrected chi connectivity index (χ1v) is 8.17. The molecule has 2 aromatic heterocycles. The molecule has 0 saturated heterocycles. The number of anilines is 4. The first kappa shape index (κ1) is 16.2. The van der Waals surface area contributed by atoms with Crippen molar-refractivity contribution in [3.05, 3.63) is 65.0 Å². The monoisotopic (exact) mass is 384 g/mol. The Morgan fingerprint density at radius 3 is 2.58 bits per heavy atom. The highest BCUT2D eigenvalue weighted by Gasteiger charge is 2.13. The molecule has 3 aromatic rings. The van der Waals surface area contributed by atoms with Gasteiger partial charge in [-0.3, -0.25) is 0 Å². The SMILES string of the molecule is CN(Cc1ccccc1)c1ncnc(Nc2ccc(Br)cn2)c1N. The largest absolute Gasteiger partial charge is 0.393 e. The van der Waals surface area contributed by atoms with Crippen LogP contribution in [-0.2, 0) is 6.54 Å². The molecule has 122 valence electrons. The summed E-state index contributed by atoms with van der Waals surface area (Å²) in [6, 6.07) is 13.9. The van der Waals surface area contributed by atoms with Crippen molar-refractivity contribution in [1.82, 2.24) is 15.0 Å². The van der Waals surface area contributed by atoms with Crippen molar-refractivity contribution < 1.29 is 0 Å². The Morgan fingerprint density at radius 1 is 1.08 bits per heavy atom. The highest BCUT2D eigenvalue weighted by molar-refractivity contribution is 9.10. The van der Waals surface area contributed by atoms with Gasteiger partial charge >= 0.3 is 0 Å². The third-order valence-electron chi connectivity index (χ3n) is 3.46. The average Bonchev–Trinajstić information content (AvgIpc) is 2.59. The zero-order chi connectivity index (χ0) is 16.9. The quantitative estimate of drug-likeness (QED) is 0.699. The maximum absolute atomic E-state index is 6.25. The number of pyridine rings is 1. The van der Waals surface area contributed by atoms with Crippen LogP contribution in [0.4, 0.5) is 23.1 Å². The van der Waals surface area contributed by atoms with Gasteiger partial charge in [0.25, 0.3) is 0 Å². The topological polar surface area (TPSA) is 80.0 Å². The van der Waals surface area contributed by atoms with E-state index in [-0.39, 0.29) is 0 Å². The molecule has 0 aliphatic heterocycles. The van der Waals surface area contributed by atoms with Gasteiger partial charge in [0.2, 0.25) is 0 Å². The van der Waals surface area contributed by atoms with Gasteiger partial charge in [-0.15, -0.1) is 0 Å². The summed E-state index contributed by atoms with van der Waals surface area (Å²) in [4.78, 5) is 14.8. The summed E-state index contributed by atoms with van der Waals surface area (Å²) < 4.78 is 0.909. The van der Waals surface area contributed by atoms with Crippen molar-refractivity contribution in [2.24, 2.45) is 0 Å². The lowest BCUT2D eigenvalue weighted by atomic mass is 10.2. The molecule has 0 aliphatic carbocycles. The van der Waals surface area contributed by atoms with E-state index < -0.39 is 0 Å². The second-order valence-corrected chi connectivity index (χ2v) is 6.20. The van der Waals surface area contributed by atoms with Crippen molar-refractivity contribution in [2.45, 2.75) is 6.54 Å². The van der Waals surface area contributed by atoms with Gasteiger partial charge in [-0.25, -0.2) is 15.0 Å². The number of hydrogen-bond donors (Lipinski definition) is 2. The molecule has 24 heavy (non-hydrogen) atoms. The maximum atomic E-state index is 6.25. The first-order chi connectivity index (χ1) is 11.6. The third kappa shape index (κ3) is 3.80. The van der Waals surface area contributed by atoms with Crippen LogP contribution in [0.1, 0.15) is 5.56 Å². The fourth-order valence-corrected chi connectivity index (χ4v) is 2.53. The molecule has 6 nitrogen and oxygen atoms in total. The molecule has 7 heteroatoms. The van der Waals surface area contributed by atoms with E-state index in [1.165, 1.54) is 11.9 Å². The standard InChI is InChI=1S/C17H17BrN6/c1-24(10-12-5-3-2-4-6-12)17-15(19)16(21-11-22-17)23-14-8-7-13(18)9-20-14/h2-9,11H,10,19H2,1H3,(H,20,21,22,23). The van der Waals surface area contributed by atoms with Crippen LogP contribution in [0.3, 0.4) is 0 Å². The number of aromatic nitrogens is 3.